The lowest BCUT2D eigenvalue weighted by atomic mass is 10.00. The van der Waals surface area contributed by atoms with E-state index < -0.39 is 12.5 Å². The van der Waals surface area contributed by atoms with Crippen molar-refractivity contribution in [2.24, 2.45) is 0 Å². The highest BCUT2D eigenvalue weighted by Crippen LogP contribution is 2.24. The third-order valence-electron chi connectivity index (χ3n) is 3.56. The Bertz CT molecular complexity index is 668. The van der Waals surface area contributed by atoms with Crippen molar-refractivity contribution in [1.82, 2.24) is 0 Å². The average molecular weight is 298 g/mol. The van der Waals surface area contributed by atoms with Crippen molar-refractivity contribution in [3.8, 4) is 0 Å². The normalized spacial score (nSPS) is 11.8. The van der Waals surface area contributed by atoms with E-state index >= 15 is 0 Å². The van der Waals surface area contributed by atoms with Gasteiger partial charge in [0.15, 0.2) is 0 Å². The van der Waals surface area contributed by atoms with Crippen LogP contribution in [0.4, 0.5) is 11.4 Å². The zero-order valence-corrected chi connectivity index (χ0v) is 13.2. The van der Waals surface area contributed by atoms with E-state index in [0.717, 1.165) is 5.69 Å². The molecule has 2 rings (SSSR count). The maximum Gasteiger partial charge on any atom is 0.250 e. The standard InChI is InChI=1S/C18H22N2O2/c1-12-7-8-17(13(2)9-12)14(3)19-15-5-4-6-16(10-15)20-18(22)11-21/h4-10,14,19,21H,11H2,1-3H3,(H,20,22). The molecular formula is C18H22N2O2. The molecule has 0 saturated heterocycles. The van der Waals surface area contributed by atoms with Crippen LogP contribution in [0.1, 0.15) is 29.7 Å². The fraction of sp³-hybridized carbons (Fsp3) is 0.278. The highest BCUT2D eigenvalue weighted by molar-refractivity contribution is 5.91. The van der Waals surface area contributed by atoms with E-state index in [9.17, 15) is 4.79 Å². The molecule has 0 aliphatic carbocycles. The number of hydrogen-bond acceptors (Lipinski definition) is 3. The van der Waals surface area contributed by atoms with Gasteiger partial charge in [0.25, 0.3) is 0 Å². The van der Waals surface area contributed by atoms with E-state index in [1.54, 1.807) is 6.07 Å². The first kappa shape index (κ1) is 16.0. The van der Waals surface area contributed by atoms with E-state index in [2.05, 4.69) is 49.6 Å². The van der Waals surface area contributed by atoms with Gasteiger partial charge in [0.1, 0.15) is 6.61 Å². The zero-order chi connectivity index (χ0) is 16.1. The Morgan fingerprint density at radius 2 is 1.86 bits per heavy atom. The van der Waals surface area contributed by atoms with Crippen LogP contribution in [-0.4, -0.2) is 17.6 Å². The number of nitrogens with one attached hydrogen (secondary N) is 2. The summed E-state index contributed by atoms with van der Waals surface area (Å²) >= 11 is 0. The summed E-state index contributed by atoms with van der Waals surface area (Å²) in [6, 6.07) is 14.0. The topological polar surface area (TPSA) is 61.4 Å². The third kappa shape index (κ3) is 4.09. The number of benzene rings is 2. The van der Waals surface area contributed by atoms with Crippen LogP contribution in [0.25, 0.3) is 0 Å². The molecule has 0 aliphatic rings. The maximum atomic E-state index is 11.2. The van der Waals surface area contributed by atoms with Gasteiger partial charge in [-0.1, -0.05) is 29.8 Å². The average Bonchev–Trinajstić information content (AvgIpc) is 2.47. The Labute approximate surface area is 131 Å². The lowest BCUT2D eigenvalue weighted by Gasteiger charge is -2.19. The van der Waals surface area contributed by atoms with Crippen molar-refractivity contribution in [3.63, 3.8) is 0 Å². The van der Waals surface area contributed by atoms with Gasteiger partial charge in [0.05, 0.1) is 0 Å². The second-order valence-electron chi connectivity index (χ2n) is 5.51. The molecule has 1 atom stereocenters. The predicted molar refractivity (Wildman–Crippen MR) is 90.1 cm³/mol. The van der Waals surface area contributed by atoms with Gasteiger partial charge in [-0.3, -0.25) is 4.79 Å². The highest BCUT2D eigenvalue weighted by Gasteiger charge is 2.09. The number of aryl methyl sites for hydroxylation is 2. The molecule has 0 radical (unpaired) electrons. The van der Waals surface area contributed by atoms with Crippen LogP contribution in [0, 0.1) is 13.8 Å². The summed E-state index contributed by atoms with van der Waals surface area (Å²) in [5.41, 5.74) is 5.34. The zero-order valence-electron chi connectivity index (χ0n) is 13.2. The third-order valence-corrected chi connectivity index (χ3v) is 3.56. The highest BCUT2D eigenvalue weighted by atomic mass is 16.3. The number of carbonyl (C=O) groups excluding carboxylic acids is 1. The van der Waals surface area contributed by atoms with Crippen LogP contribution in [0.5, 0.6) is 0 Å². The summed E-state index contributed by atoms with van der Waals surface area (Å²) in [4.78, 5) is 11.2. The number of amides is 1. The lowest BCUT2D eigenvalue weighted by Crippen LogP contribution is -2.15. The van der Waals surface area contributed by atoms with Crippen molar-refractivity contribution < 1.29 is 9.90 Å². The number of carbonyl (C=O) groups is 1. The van der Waals surface area contributed by atoms with Crippen LogP contribution in [0.2, 0.25) is 0 Å². The Hall–Kier alpha value is -2.33. The van der Waals surface area contributed by atoms with E-state index in [-0.39, 0.29) is 6.04 Å². The number of aliphatic hydroxyl groups is 1. The minimum Gasteiger partial charge on any atom is -0.387 e. The first-order valence-corrected chi connectivity index (χ1v) is 7.34. The second kappa shape index (κ2) is 7.09. The van der Waals surface area contributed by atoms with Gasteiger partial charge in [0, 0.05) is 17.4 Å². The molecule has 116 valence electrons. The molecule has 0 bridgehead atoms. The van der Waals surface area contributed by atoms with Gasteiger partial charge in [0.2, 0.25) is 5.91 Å². The number of hydrogen-bond donors (Lipinski definition) is 3. The lowest BCUT2D eigenvalue weighted by molar-refractivity contribution is -0.118. The van der Waals surface area contributed by atoms with Crippen molar-refractivity contribution in [2.75, 3.05) is 17.2 Å². The molecular weight excluding hydrogens is 276 g/mol. The minimum atomic E-state index is -0.517. The number of rotatable bonds is 5. The molecule has 1 amide bonds. The summed E-state index contributed by atoms with van der Waals surface area (Å²) < 4.78 is 0. The van der Waals surface area contributed by atoms with Crippen LogP contribution in [0.3, 0.4) is 0 Å². The van der Waals surface area contributed by atoms with E-state index in [4.69, 9.17) is 5.11 Å². The molecule has 3 N–H and O–H groups in total. The first-order chi connectivity index (χ1) is 10.5. The van der Waals surface area contributed by atoms with Crippen LogP contribution in [-0.2, 0) is 4.79 Å². The Kier molecular flexibility index (Phi) is 5.17. The molecule has 0 spiro atoms. The minimum absolute atomic E-state index is 0.157. The molecule has 1 unspecified atom stereocenters. The summed E-state index contributed by atoms with van der Waals surface area (Å²) in [6.07, 6.45) is 0. The van der Waals surface area contributed by atoms with Gasteiger partial charge in [-0.05, 0) is 50.1 Å². The van der Waals surface area contributed by atoms with Crippen LogP contribution in [0.15, 0.2) is 42.5 Å². The maximum absolute atomic E-state index is 11.2. The van der Waals surface area contributed by atoms with Gasteiger partial charge < -0.3 is 15.7 Å². The molecule has 2 aromatic rings. The van der Waals surface area contributed by atoms with Crippen molar-refractivity contribution in [3.05, 3.63) is 59.2 Å². The smallest absolute Gasteiger partial charge is 0.250 e. The first-order valence-electron chi connectivity index (χ1n) is 7.34. The Morgan fingerprint density at radius 1 is 1.14 bits per heavy atom. The number of anilines is 2. The van der Waals surface area contributed by atoms with E-state index in [1.165, 1.54) is 16.7 Å². The predicted octanol–water partition coefficient (Wildman–Crippen LogP) is 3.41. The summed E-state index contributed by atoms with van der Waals surface area (Å²) in [7, 11) is 0. The summed E-state index contributed by atoms with van der Waals surface area (Å²) in [6.45, 7) is 5.79. The molecule has 22 heavy (non-hydrogen) atoms. The van der Waals surface area contributed by atoms with Crippen molar-refractivity contribution >= 4 is 17.3 Å². The molecule has 4 nitrogen and oxygen atoms in total. The fourth-order valence-corrected chi connectivity index (χ4v) is 2.53. The Balaban J connectivity index is 2.12. The van der Waals surface area contributed by atoms with Crippen LogP contribution < -0.4 is 10.6 Å². The van der Waals surface area contributed by atoms with E-state index in [1.807, 2.05) is 18.2 Å². The van der Waals surface area contributed by atoms with Gasteiger partial charge in [-0.25, -0.2) is 0 Å². The van der Waals surface area contributed by atoms with Gasteiger partial charge >= 0.3 is 0 Å². The van der Waals surface area contributed by atoms with Crippen molar-refractivity contribution in [2.45, 2.75) is 26.8 Å². The molecule has 0 heterocycles. The monoisotopic (exact) mass is 298 g/mol. The quantitative estimate of drug-likeness (QED) is 0.792. The second-order valence-corrected chi connectivity index (χ2v) is 5.51. The van der Waals surface area contributed by atoms with Crippen molar-refractivity contribution in [1.29, 1.82) is 0 Å². The largest absolute Gasteiger partial charge is 0.387 e. The molecule has 4 heteroatoms. The summed E-state index contributed by atoms with van der Waals surface area (Å²) in [5, 5.41) is 14.9. The van der Waals surface area contributed by atoms with Gasteiger partial charge in [-0.15, -0.1) is 0 Å². The van der Waals surface area contributed by atoms with Crippen LogP contribution >= 0.6 is 0 Å². The SMILES string of the molecule is Cc1ccc(C(C)Nc2cccc(NC(=O)CO)c2)c(C)c1. The van der Waals surface area contributed by atoms with Gasteiger partial charge in [-0.2, -0.15) is 0 Å². The molecule has 0 saturated carbocycles. The van der Waals surface area contributed by atoms with E-state index in [0.29, 0.717) is 5.69 Å². The molecule has 0 aromatic heterocycles. The fourth-order valence-electron chi connectivity index (χ4n) is 2.53. The Morgan fingerprint density at radius 3 is 2.55 bits per heavy atom. The number of aliphatic hydroxyl groups excluding tert-OH is 1. The molecule has 2 aromatic carbocycles. The molecule has 0 aliphatic heterocycles. The summed E-state index contributed by atoms with van der Waals surface area (Å²) in [5.74, 6) is -0.417. The molecule has 0 fully saturated rings.